The second-order valence-electron chi connectivity index (χ2n) is 5.02. The van der Waals surface area contributed by atoms with Crippen molar-refractivity contribution in [2.75, 3.05) is 6.61 Å². The number of fused-ring (bicyclic) bond motifs is 1. The van der Waals surface area contributed by atoms with Crippen molar-refractivity contribution in [1.82, 2.24) is 4.98 Å². The number of hydrogen-bond acceptors (Lipinski definition) is 4. The third-order valence-corrected chi connectivity index (χ3v) is 3.45. The zero-order chi connectivity index (χ0) is 15.4. The van der Waals surface area contributed by atoms with Crippen LogP contribution in [-0.4, -0.2) is 17.6 Å². The molecule has 0 fully saturated rings. The van der Waals surface area contributed by atoms with E-state index in [1.54, 1.807) is 19.2 Å². The molecular formula is C18H17NO3. The summed E-state index contributed by atoms with van der Waals surface area (Å²) >= 11 is 0. The molecule has 0 N–H and O–H groups in total. The average molecular weight is 295 g/mol. The van der Waals surface area contributed by atoms with Crippen molar-refractivity contribution in [3.05, 3.63) is 65.7 Å². The van der Waals surface area contributed by atoms with Crippen molar-refractivity contribution in [1.29, 1.82) is 0 Å². The van der Waals surface area contributed by atoms with Gasteiger partial charge in [0.1, 0.15) is 5.58 Å². The molecule has 0 radical (unpaired) electrons. The average Bonchev–Trinajstić information content (AvgIpc) is 2.97. The van der Waals surface area contributed by atoms with Gasteiger partial charge in [-0.2, -0.15) is 0 Å². The minimum Gasteiger partial charge on any atom is -0.460 e. The van der Waals surface area contributed by atoms with Crippen LogP contribution in [0.15, 0.2) is 53.1 Å². The van der Waals surface area contributed by atoms with E-state index in [1.807, 2.05) is 36.4 Å². The molecule has 112 valence electrons. The summed E-state index contributed by atoms with van der Waals surface area (Å²) in [7, 11) is 0. The highest BCUT2D eigenvalue weighted by Gasteiger charge is 2.13. The Morgan fingerprint density at radius 3 is 2.86 bits per heavy atom. The largest absolute Gasteiger partial charge is 0.460 e. The number of benzene rings is 1. The summed E-state index contributed by atoms with van der Waals surface area (Å²) in [4.78, 5) is 16.0. The fourth-order valence-corrected chi connectivity index (χ4v) is 2.37. The van der Waals surface area contributed by atoms with Gasteiger partial charge in [-0.15, -0.1) is 0 Å². The van der Waals surface area contributed by atoms with Crippen LogP contribution in [-0.2, 0) is 17.6 Å². The quantitative estimate of drug-likeness (QED) is 0.672. The first-order valence-corrected chi connectivity index (χ1v) is 7.36. The van der Waals surface area contributed by atoms with Crippen molar-refractivity contribution in [3.8, 4) is 0 Å². The fraction of sp³-hybridized carbons (Fsp3) is 0.222. The first kappa shape index (κ1) is 14.3. The lowest BCUT2D eigenvalue weighted by molar-refractivity contribution is 0.0492. The molecule has 0 atom stereocenters. The Morgan fingerprint density at radius 2 is 2.09 bits per heavy atom. The van der Waals surface area contributed by atoms with Crippen LogP contribution in [0.2, 0.25) is 0 Å². The molecule has 0 bridgehead atoms. The molecule has 3 aromatic rings. The van der Waals surface area contributed by atoms with Gasteiger partial charge in [-0.05, 0) is 55.7 Å². The van der Waals surface area contributed by atoms with E-state index in [9.17, 15) is 4.79 Å². The summed E-state index contributed by atoms with van der Waals surface area (Å²) in [6.45, 7) is 2.11. The van der Waals surface area contributed by atoms with Crippen molar-refractivity contribution in [3.63, 3.8) is 0 Å². The van der Waals surface area contributed by atoms with Gasteiger partial charge in [-0.25, -0.2) is 4.79 Å². The SMILES string of the molecule is CCOC(=O)c1cc2cc(CCc3ccccn3)ccc2o1. The highest BCUT2D eigenvalue weighted by Crippen LogP contribution is 2.22. The lowest BCUT2D eigenvalue weighted by atomic mass is 10.1. The molecule has 0 aliphatic carbocycles. The zero-order valence-corrected chi connectivity index (χ0v) is 12.4. The Morgan fingerprint density at radius 1 is 1.18 bits per heavy atom. The van der Waals surface area contributed by atoms with Gasteiger partial charge in [0.2, 0.25) is 5.76 Å². The number of hydrogen-bond donors (Lipinski definition) is 0. The number of furan rings is 1. The molecule has 0 aliphatic rings. The second kappa shape index (κ2) is 6.43. The summed E-state index contributed by atoms with van der Waals surface area (Å²) in [6.07, 6.45) is 3.59. The predicted octanol–water partition coefficient (Wildman–Crippen LogP) is 3.79. The third kappa shape index (κ3) is 3.17. The van der Waals surface area contributed by atoms with Gasteiger partial charge in [0.05, 0.1) is 6.61 Å². The van der Waals surface area contributed by atoms with E-state index in [2.05, 4.69) is 4.98 Å². The number of nitrogens with zero attached hydrogens (tertiary/aromatic N) is 1. The highest BCUT2D eigenvalue weighted by atomic mass is 16.5. The lowest BCUT2D eigenvalue weighted by Crippen LogP contribution is -2.02. The molecule has 0 amide bonds. The number of carbonyl (C=O) groups is 1. The molecule has 4 heteroatoms. The first-order valence-electron chi connectivity index (χ1n) is 7.36. The monoisotopic (exact) mass is 295 g/mol. The molecule has 4 nitrogen and oxygen atoms in total. The van der Waals surface area contributed by atoms with Crippen LogP contribution in [0, 0.1) is 0 Å². The number of rotatable bonds is 5. The molecular weight excluding hydrogens is 278 g/mol. The van der Waals surface area contributed by atoms with Crippen LogP contribution in [0.4, 0.5) is 0 Å². The molecule has 0 saturated heterocycles. The van der Waals surface area contributed by atoms with E-state index in [1.165, 1.54) is 5.56 Å². The Balaban J connectivity index is 1.76. The van der Waals surface area contributed by atoms with E-state index in [0.29, 0.717) is 12.2 Å². The van der Waals surface area contributed by atoms with Gasteiger partial charge in [0.25, 0.3) is 0 Å². The first-order chi connectivity index (χ1) is 10.8. The molecule has 2 aromatic heterocycles. The van der Waals surface area contributed by atoms with Gasteiger partial charge >= 0.3 is 5.97 Å². The molecule has 0 saturated carbocycles. The maximum absolute atomic E-state index is 11.7. The zero-order valence-electron chi connectivity index (χ0n) is 12.4. The number of carbonyl (C=O) groups excluding carboxylic acids is 1. The normalized spacial score (nSPS) is 10.8. The van der Waals surface area contributed by atoms with Crippen molar-refractivity contribution < 1.29 is 13.9 Å². The minimum atomic E-state index is -0.422. The van der Waals surface area contributed by atoms with E-state index in [4.69, 9.17) is 9.15 Å². The Kier molecular flexibility index (Phi) is 4.19. The summed E-state index contributed by atoms with van der Waals surface area (Å²) in [5, 5.41) is 0.918. The number of aryl methyl sites for hydroxylation is 2. The van der Waals surface area contributed by atoms with E-state index in [-0.39, 0.29) is 5.76 Å². The van der Waals surface area contributed by atoms with Crippen molar-refractivity contribution >= 4 is 16.9 Å². The Bertz CT molecular complexity index is 777. The third-order valence-electron chi connectivity index (χ3n) is 3.45. The van der Waals surface area contributed by atoms with E-state index < -0.39 is 5.97 Å². The van der Waals surface area contributed by atoms with Crippen LogP contribution in [0.3, 0.4) is 0 Å². The number of aromatic nitrogens is 1. The molecule has 0 aliphatic heterocycles. The van der Waals surface area contributed by atoms with Gasteiger partial charge in [-0.3, -0.25) is 4.98 Å². The van der Waals surface area contributed by atoms with Gasteiger partial charge < -0.3 is 9.15 Å². The Hall–Kier alpha value is -2.62. The Labute approximate surface area is 128 Å². The number of esters is 1. The van der Waals surface area contributed by atoms with Gasteiger partial charge in [-0.1, -0.05) is 12.1 Å². The minimum absolute atomic E-state index is 0.249. The standard InChI is InChI=1S/C18H17NO3/c1-2-21-18(20)17-12-14-11-13(7-9-16(14)22-17)6-8-15-5-3-4-10-19-15/h3-5,7,9-12H,2,6,8H2,1H3. The van der Waals surface area contributed by atoms with Crippen LogP contribution in [0.25, 0.3) is 11.0 Å². The van der Waals surface area contributed by atoms with Crippen molar-refractivity contribution in [2.45, 2.75) is 19.8 Å². The van der Waals surface area contributed by atoms with Gasteiger partial charge in [0.15, 0.2) is 0 Å². The number of pyridine rings is 1. The van der Waals surface area contributed by atoms with Crippen LogP contribution < -0.4 is 0 Å². The number of ether oxygens (including phenoxy) is 1. The molecule has 0 spiro atoms. The highest BCUT2D eigenvalue weighted by molar-refractivity contribution is 5.92. The summed E-state index contributed by atoms with van der Waals surface area (Å²) in [5.41, 5.74) is 2.96. The molecule has 2 heterocycles. The van der Waals surface area contributed by atoms with E-state index >= 15 is 0 Å². The maximum atomic E-state index is 11.7. The molecule has 3 rings (SSSR count). The smallest absolute Gasteiger partial charge is 0.374 e. The van der Waals surface area contributed by atoms with Crippen LogP contribution in [0.5, 0.6) is 0 Å². The molecule has 22 heavy (non-hydrogen) atoms. The fourth-order valence-electron chi connectivity index (χ4n) is 2.37. The molecule has 1 aromatic carbocycles. The predicted molar refractivity (Wildman–Crippen MR) is 83.8 cm³/mol. The molecule has 0 unspecified atom stereocenters. The summed E-state index contributed by atoms with van der Waals surface area (Å²) in [6, 6.07) is 13.6. The maximum Gasteiger partial charge on any atom is 0.374 e. The van der Waals surface area contributed by atoms with Crippen LogP contribution in [0.1, 0.15) is 28.7 Å². The van der Waals surface area contributed by atoms with E-state index in [0.717, 1.165) is 23.9 Å². The van der Waals surface area contributed by atoms with Gasteiger partial charge in [0, 0.05) is 17.3 Å². The topological polar surface area (TPSA) is 52.3 Å². The summed E-state index contributed by atoms with van der Waals surface area (Å²) in [5.74, 6) is -0.174. The lowest BCUT2D eigenvalue weighted by Gasteiger charge is -2.01. The van der Waals surface area contributed by atoms with Crippen molar-refractivity contribution in [2.24, 2.45) is 0 Å². The second-order valence-corrected chi connectivity index (χ2v) is 5.02. The summed E-state index contributed by atoms with van der Waals surface area (Å²) < 4.78 is 10.5. The van der Waals surface area contributed by atoms with Crippen LogP contribution >= 0.6 is 0 Å².